The molecule has 0 spiro atoms. The fourth-order valence-electron chi connectivity index (χ4n) is 3.70. The van der Waals surface area contributed by atoms with Crippen molar-refractivity contribution in [2.75, 3.05) is 43.5 Å². The molecule has 35 heavy (non-hydrogen) atoms. The molecule has 0 radical (unpaired) electrons. The predicted octanol–water partition coefficient (Wildman–Crippen LogP) is 3.78. The largest absolute Gasteiger partial charge is 0.497 e. The van der Waals surface area contributed by atoms with Gasteiger partial charge in [0.05, 0.1) is 13.4 Å². The zero-order valence-electron chi connectivity index (χ0n) is 19.3. The lowest BCUT2D eigenvalue weighted by molar-refractivity contribution is -0.115. The van der Waals surface area contributed by atoms with E-state index in [0.29, 0.717) is 24.4 Å². The first-order valence-corrected chi connectivity index (χ1v) is 11.5. The van der Waals surface area contributed by atoms with E-state index in [4.69, 9.17) is 21.4 Å². The molecule has 2 heterocycles. The Morgan fingerprint density at radius 1 is 1.00 bits per heavy atom. The van der Waals surface area contributed by atoms with Crippen LogP contribution >= 0.6 is 12.2 Å². The van der Waals surface area contributed by atoms with Gasteiger partial charge in [0, 0.05) is 49.2 Å². The predicted molar refractivity (Wildman–Crippen MR) is 140 cm³/mol. The molecule has 2 N–H and O–H groups in total. The number of furan rings is 1. The summed E-state index contributed by atoms with van der Waals surface area (Å²) in [7, 11) is 1.60. The number of methoxy groups -OCH3 is 1. The van der Waals surface area contributed by atoms with Crippen molar-refractivity contribution in [2.45, 2.75) is 0 Å². The van der Waals surface area contributed by atoms with E-state index in [0.717, 1.165) is 30.2 Å². The number of thiocarbonyl (C=S) groups is 1. The molecule has 0 bridgehead atoms. The number of carbonyl (C=O) groups is 2. The van der Waals surface area contributed by atoms with Gasteiger partial charge in [0.15, 0.2) is 5.11 Å². The van der Waals surface area contributed by atoms with Gasteiger partial charge in [-0.3, -0.25) is 14.9 Å². The second-order valence-electron chi connectivity index (χ2n) is 7.85. The molecule has 3 aromatic rings. The summed E-state index contributed by atoms with van der Waals surface area (Å²) < 4.78 is 10.3. The Bertz CT molecular complexity index is 1180. The van der Waals surface area contributed by atoms with Gasteiger partial charge in [0.25, 0.3) is 5.91 Å². The zero-order valence-corrected chi connectivity index (χ0v) is 20.1. The molecule has 8 nitrogen and oxygen atoms in total. The molecule has 1 saturated heterocycles. The monoisotopic (exact) mass is 490 g/mol. The summed E-state index contributed by atoms with van der Waals surface area (Å²) in [6.45, 7) is 2.77. The van der Waals surface area contributed by atoms with Crippen LogP contribution in [0.5, 0.6) is 5.75 Å². The fraction of sp³-hybridized carbons (Fsp3) is 0.192. The number of hydrogen-bond acceptors (Lipinski definition) is 6. The van der Waals surface area contributed by atoms with E-state index in [2.05, 4.69) is 15.5 Å². The number of nitrogens with one attached hydrogen (secondary N) is 2. The van der Waals surface area contributed by atoms with Crippen LogP contribution in [0.4, 0.5) is 11.4 Å². The van der Waals surface area contributed by atoms with Crippen molar-refractivity contribution >= 4 is 46.6 Å². The summed E-state index contributed by atoms with van der Waals surface area (Å²) in [5, 5.41) is 5.81. The lowest BCUT2D eigenvalue weighted by Gasteiger charge is -2.36. The van der Waals surface area contributed by atoms with Crippen molar-refractivity contribution < 1.29 is 18.7 Å². The average molecular weight is 491 g/mol. The summed E-state index contributed by atoms with van der Waals surface area (Å²) in [6, 6.07) is 18.5. The van der Waals surface area contributed by atoms with Gasteiger partial charge in [-0.1, -0.05) is 0 Å². The summed E-state index contributed by atoms with van der Waals surface area (Å²) in [6.07, 6.45) is 4.46. The molecule has 1 fully saturated rings. The maximum atomic E-state index is 12.8. The van der Waals surface area contributed by atoms with Gasteiger partial charge in [-0.05, 0) is 79.0 Å². The Morgan fingerprint density at radius 3 is 2.34 bits per heavy atom. The number of ether oxygens (including phenoxy) is 1. The molecule has 1 aliphatic heterocycles. The first-order valence-electron chi connectivity index (χ1n) is 11.1. The Kier molecular flexibility index (Phi) is 7.79. The van der Waals surface area contributed by atoms with E-state index in [-0.39, 0.29) is 16.9 Å². The van der Waals surface area contributed by atoms with Crippen LogP contribution in [0.15, 0.2) is 77.4 Å². The molecule has 0 unspecified atom stereocenters. The number of carbonyl (C=O) groups excluding carboxylic acids is 2. The fourth-order valence-corrected chi connectivity index (χ4v) is 3.92. The van der Waals surface area contributed by atoms with Crippen LogP contribution in [0, 0.1) is 0 Å². The lowest BCUT2D eigenvalue weighted by Crippen LogP contribution is -2.48. The summed E-state index contributed by atoms with van der Waals surface area (Å²) >= 11 is 5.22. The minimum absolute atomic E-state index is 0.0291. The number of benzene rings is 2. The van der Waals surface area contributed by atoms with Crippen LogP contribution in [0.1, 0.15) is 16.1 Å². The number of hydrogen-bond donors (Lipinski definition) is 2. The van der Waals surface area contributed by atoms with Gasteiger partial charge >= 0.3 is 0 Å². The Balaban J connectivity index is 1.24. The third-order valence-electron chi connectivity index (χ3n) is 5.57. The smallest absolute Gasteiger partial charge is 0.253 e. The van der Waals surface area contributed by atoms with Crippen molar-refractivity contribution in [3.8, 4) is 5.75 Å². The molecule has 1 aliphatic rings. The Labute approximate surface area is 209 Å². The standard InChI is InChI=1S/C26H26N4O4S/c1-33-22-10-4-19(5-11-22)25(32)30-16-14-29(15-17-30)21-8-6-20(7-9-21)27-26(35)28-24(31)13-12-23-3-2-18-34-23/h2-13,18H,14-17H2,1H3,(H2,27,28,31,35)/b13-12+. The Morgan fingerprint density at radius 2 is 1.71 bits per heavy atom. The highest BCUT2D eigenvalue weighted by atomic mass is 32.1. The van der Waals surface area contributed by atoms with Gasteiger partial charge in [0.2, 0.25) is 5.91 Å². The number of rotatable bonds is 6. The van der Waals surface area contributed by atoms with Crippen molar-refractivity contribution in [1.82, 2.24) is 10.2 Å². The molecule has 2 aromatic carbocycles. The highest BCUT2D eigenvalue weighted by Crippen LogP contribution is 2.21. The second kappa shape index (κ2) is 11.3. The van der Waals surface area contributed by atoms with E-state index in [1.807, 2.05) is 29.2 Å². The second-order valence-corrected chi connectivity index (χ2v) is 8.26. The quantitative estimate of drug-likeness (QED) is 0.402. The first kappa shape index (κ1) is 24.0. The highest BCUT2D eigenvalue weighted by molar-refractivity contribution is 7.80. The summed E-state index contributed by atoms with van der Waals surface area (Å²) in [5.74, 6) is 0.994. The third-order valence-corrected chi connectivity index (χ3v) is 5.78. The van der Waals surface area contributed by atoms with Gasteiger partial charge in [-0.25, -0.2) is 0 Å². The van der Waals surface area contributed by atoms with E-state index in [9.17, 15) is 9.59 Å². The van der Waals surface area contributed by atoms with Crippen LogP contribution in [0.3, 0.4) is 0 Å². The molecular formula is C26H26N4O4S. The molecule has 180 valence electrons. The maximum Gasteiger partial charge on any atom is 0.253 e. The highest BCUT2D eigenvalue weighted by Gasteiger charge is 2.22. The van der Waals surface area contributed by atoms with Crippen LogP contribution in [-0.2, 0) is 4.79 Å². The summed E-state index contributed by atoms with van der Waals surface area (Å²) in [5.41, 5.74) is 2.49. The van der Waals surface area contributed by atoms with Crippen molar-refractivity contribution in [3.05, 3.63) is 84.3 Å². The molecule has 9 heteroatoms. The van der Waals surface area contributed by atoms with Gasteiger partial charge in [-0.15, -0.1) is 0 Å². The average Bonchev–Trinajstić information content (AvgIpc) is 3.41. The van der Waals surface area contributed by atoms with Crippen LogP contribution in [0.2, 0.25) is 0 Å². The van der Waals surface area contributed by atoms with Crippen molar-refractivity contribution in [3.63, 3.8) is 0 Å². The number of piperazine rings is 1. The van der Waals surface area contributed by atoms with Crippen molar-refractivity contribution in [1.29, 1.82) is 0 Å². The van der Waals surface area contributed by atoms with Gasteiger partial charge in [0.1, 0.15) is 11.5 Å². The molecule has 4 rings (SSSR count). The molecule has 0 atom stereocenters. The number of nitrogens with zero attached hydrogens (tertiary/aromatic N) is 2. The third kappa shape index (κ3) is 6.48. The zero-order chi connectivity index (χ0) is 24.6. The molecular weight excluding hydrogens is 464 g/mol. The minimum Gasteiger partial charge on any atom is -0.497 e. The van der Waals surface area contributed by atoms with E-state index >= 15 is 0 Å². The van der Waals surface area contributed by atoms with Crippen LogP contribution in [-0.4, -0.2) is 55.1 Å². The van der Waals surface area contributed by atoms with Crippen molar-refractivity contribution in [2.24, 2.45) is 0 Å². The molecule has 1 aromatic heterocycles. The number of amides is 2. The van der Waals surface area contributed by atoms with E-state index < -0.39 is 0 Å². The Hall–Kier alpha value is -4.11. The summed E-state index contributed by atoms with van der Waals surface area (Å²) in [4.78, 5) is 28.9. The SMILES string of the molecule is COc1ccc(C(=O)N2CCN(c3ccc(NC(=S)NC(=O)/C=C/c4ccco4)cc3)CC2)cc1. The van der Waals surface area contributed by atoms with E-state index in [1.165, 1.54) is 12.3 Å². The molecule has 0 aliphatic carbocycles. The topological polar surface area (TPSA) is 87.0 Å². The minimum atomic E-state index is -0.349. The van der Waals surface area contributed by atoms with Gasteiger partial charge in [-0.2, -0.15) is 0 Å². The molecule has 2 amide bonds. The maximum absolute atomic E-state index is 12.8. The van der Waals surface area contributed by atoms with Crippen LogP contribution < -0.4 is 20.3 Å². The van der Waals surface area contributed by atoms with Gasteiger partial charge < -0.3 is 24.3 Å². The first-order chi connectivity index (χ1) is 17.0. The molecule has 0 saturated carbocycles. The lowest BCUT2D eigenvalue weighted by atomic mass is 10.1. The van der Waals surface area contributed by atoms with E-state index in [1.54, 1.807) is 49.6 Å². The van der Waals surface area contributed by atoms with Crippen LogP contribution in [0.25, 0.3) is 6.08 Å². The number of anilines is 2. The normalized spacial score (nSPS) is 13.5.